The normalized spacial score (nSPS) is 17.0. The third-order valence-electron chi connectivity index (χ3n) is 4.27. The first-order valence-electron chi connectivity index (χ1n) is 6.80. The number of aromatic amines is 1. The number of benzene rings is 2. The highest BCUT2D eigenvalue weighted by Crippen LogP contribution is 2.42. The number of hydrogen-bond donors (Lipinski definition) is 2. The SMILES string of the molecule is Nc1ccc(C2(c3c[nH]c4ccccc34)COC2)cc1. The van der Waals surface area contributed by atoms with Gasteiger partial charge in [0, 0.05) is 22.8 Å². The number of anilines is 1. The third kappa shape index (κ3) is 1.50. The maximum Gasteiger partial charge on any atom is 0.0690 e. The quantitative estimate of drug-likeness (QED) is 0.699. The van der Waals surface area contributed by atoms with E-state index in [0.29, 0.717) is 0 Å². The van der Waals surface area contributed by atoms with Gasteiger partial charge in [-0.25, -0.2) is 0 Å². The maximum absolute atomic E-state index is 5.80. The first kappa shape index (κ1) is 11.6. The molecule has 20 heavy (non-hydrogen) atoms. The average molecular weight is 264 g/mol. The van der Waals surface area contributed by atoms with Crippen molar-refractivity contribution >= 4 is 16.6 Å². The van der Waals surface area contributed by atoms with E-state index >= 15 is 0 Å². The molecule has 3 heteroatoms. The highest BCUT2D eigenvalue weighted by molar-refractivity contribution is 5.85. The highest BCUT2D eigenvalue weighted by atomic mass is 16.5. The van der Waals surface area contributed by atoms with Crippen LogP contribution < -0.4 is 5.73 Å². The van der Waals surface area contributed by atoms with Gasteiger partial charge in [-0.1, -0.05) is 30.3 Å². The molecule has 1 aliphatic rings. The van der Waals surface area contributed by atoms with Crippen molar-refractivity contribution in [3.8, 4) is 0 Å². The number of ether oxygens (including phenoxy) is 1. The van der Waals surface area contributed by atoms with Gasteiger partial charge in [-0.2, -0.15) is 0 Å². The molecule has 0 atom stereocenters. The minimum Gasteiger partial charge on any atom is -0.399 e. The Kier molecular flexibility index (Phi) is 2.38. The molecule has 0 unspecified atom stereocenters. The fraction of sp³-hybridized carbons (Fsp3) is 0.176. The van der Waals surface area contributed by atoms with Gasteiger partial charge in [-0.3, -0.25) is 0 Å². The number of nitrogens with one attached hydrogen (secondary N) is 1. The summed E-state index contributed by atoms with van der Waals surface area (Å²) in [4.78, 5) is 3.36. The lowest BCUT2D eigenvalue weighted by Gasteiger charge is -2.42. The van der Waals surface area contributed by atoms with Crippen LogP contribution in [0.15, 0.2) is 54.7 Å². The molecule has 3 aromatic rings. The summed E-state index contributed by atoms with van der Waals surface area (Å²) in [5.41, 5.74) is 10.3. The van der Waals surface area contributed by atoms with Gasteiger partial charge in [0.25, 0.3) is 0 Å². The van der Waals surface area contributed by atoms with Crippen LogP contribution in [0.25, 0.3) is 10.9 Å². The van der Waals surface area contributed by atoms with Crippen LogP contribution in [0.3, 0.4) is 0 Å². The van der Waals surface area contributed by atoms with Crippen molar-refractivity contribution in [2.75, 3.05) is 18.9 Å². The summed E-state index contributed by atoms with van der Waals surface area (Å²) < 4.78 is 5.55. The molecule has 0 amide bonds. The van der Waals surface area contributed by atoms with Crippen LogP contribution in [-0.2, 0) is 10.2 Å². The van der Waals surface area contributed by atoms with Crippen molar-refractivity contribution in [2.45, 2.75) is 5.41 Å². The molecule has 1 saturated heterocycles. The van der Waals surface area contributed by atoms with Gasteiger partial charge in [0.05, 0.1) is 18.6 Å². The Hall–Kier alpha value is -2.26. The molecular weight excluding hydrogens is 248 g/mol. The molecule has 0 saturated carbocycles. The van der Waals surface area contributed by atoms with Crippen LogP contribution in [0.1, 0.15) is 11.1 Å². The van der Waals surface area contributed by atoms with Gasteiger partial charge in [0.2, 0.25) is 0 Å². The zero-order valence-electron chi connectivity index (χ0n) is 11.1. The molecule has 1 aromatic heterocycles. The van der Waals surface area contributed by atoms with E-state index < -0.39 is 0 Å². The minimum absolute atomic E-state index is 0.0483. The second kappa shape index (κ2) is 4.12. The molecular formula is C17H16N2O. The molecule has 0 aliphatic carbocycles. The Morgan fingerprint density at radius 1 is 1.00 bits per heavy atom. The fourth-order valence-electron chi connectivity index (χ4n) is 3.05. The van der Waals surface area contributed by atoms with Gasteiger partial charge >= 0.3 is 0 Å². The van der Waals surface area contributed by atoms with E-state index in [1.165, 1.54) is 22.0 Å². The largest absolute Gasteiger partial charge is 0.399 e. The molecule has 3 nitrogen and oxygen atoms in total. The molecule has 0 radical (unpaired) electrons. The molecule has 1 aliphatic heterocycles. The summed E-state index contributed by atoms with van der Waals surface area (Å²) in [5.74, 6) is 0. The van der Waals surface area contributed by atoms with Crippen molar-refractivity contribution in [1.82, 2.24) is 4.98 Å². The number of rotatable bonds is 2. The topological polar surface area (TPSA) is 51.0 Å². The van der Waals surface area contributed by atoms with Crippen molar-refractivity contribution in [3.05, 3.63) is 65.9 Å². The molecule has 2 heterocycles. The Bertz CT molecular complexity index is 754. The number of aromatic nitrogens is 1. The van der Waals surface area contributed by atoms with E-state index in [0.717, 1.165) is 18.9 Å². The first-order chi connectivity index (χ1) is 9.79. The smallest absolute Gasteiger partial charge is 0.0690 e. The van der Waals surface area contributed by atoms with Crippen LogP contribution in [0.5, 0.6) is 0 Å². The summed E-state index contributed by atoms with van der Waals surface area (Å²) in [6.45, 7) is 1.44. The van der Waals surface area contributed by atoms with E-state index in [9.17, 15) is 0 Å². The summed E-state index contributed by atoms with van der Waals surface area (Å²) in [6, 6.07) is 16.5. The van der Waals surface area contributed by atoms with Gasteiger partial charge in [-0.05, 0) is 29.3 Å². The Morgan fingerprint density at radius 2 is 1.75 bits per heavy atom. The number of fused-ring (bicyclic) bond motifs is 1. The Labute approximate surface area is 117 Å². The van der Waals surface area contributed by atoms with E-state index in [1.54, 1.807) is 0 Å². The lowest BCUT2D eigenvalue weighted by atomic mass is 9.73. The zero-order chi connectivity index (χ0) is 13.6. The van der Waals surface area contributed by atoms with Crippen molar-refractivity contribution in [3.63, 3.8) is 0 Å². The van der Waals surface area contributed by atoms with Crippen LogP contribution in [0, 0.1) is 0 Å². The number of hydrogen-bond acceptors (Lipinski definition) is 2. The van der Waals surface area contributed by atoms with Crippen LogP contribution in [-0.4, -0.2) is 18.2 Å². The van der Waals surface area contributed by atoms with Gasteiger partial charge in [-0.15, -0.1) is 0 Å². The van der Waals surface area contributed by atoms with Crippen molar-refractivity contribution < 1.29 is 4.74 Å². The standard InChI is InChI=1S/C17H16N2O/c18-13-7-5-12(6-8-13)17(10-20-11-17)15-9-19-16-4-2-1-3-14(15)16/h1-9,19H,10-11,18H2. The van der Waals surface area contributed by atoms with E-state index in [1.807, 2.05) is 12.1 Å². The molecule has 2 aromatic carbocycles. The zero-order valence-corrected chi connectivity index (χ0v) is 11.1. The Balaban J connectivity index is 1.91. The highest BCUT2D eigenvalue weighted by Gasteiger charge is 2.43. The second-order valence-corrected chi connectivity index (χ2v) is 5.44. The fourth-order valence-corrected chi connectivity index (χ4v) is 3.05. The summed E-state index contributed by atoms with van der Waals surface area (Å²) in [7, 11) is 0. The van der Waals surface area contributed by atoms with E-state index in [2.05, 4.69) is 47.6 Å². The van der Waals surface area contributed by atoms with Crippen LogP contribution >= 0.6 is 0 Å². The van der Waals surface area contributed by atoms with Gasteiger partial charge in [0.15, 0.2) is 0 Å². The monoisotopic (exact) mass is 264 g/mol. The Morgan fingerprint density at radius 3 is 2.45 bits per heavy atom. The predicted octanol–water partition coefficient (Wildman–Crippen LogP) is 3.07. The minimum atomic E-state index is -0.0483. The summed E-state index contributed by atoms with van der Waals surface area (Å²) >= 11 is 0. The van der Waals surface area contributed by atoms with Crippen molar-refractivity contribution in [1.29, 1.82) is 0 Å². The maximum atomic E-state index is 5.80. The van der Waals surface area contributed by atoms with Crippen molar-refractivity contribution in [2.24, 2.45) is 0 Å². The van der Waals surface area contributed by atoms with E-state index in [-0.39, 0.29) is 5.41 Å². The third-order valence-corrected chi connectivity index (χ3v) is 4.27. The first-order valence-corrected chi connectivity index (χ1v) is 6.80. The number of nitrogens with two attached hydrogens (primary N) is 1. The lowest BCUT2D eigenvalue weighted by molar-refractivity contribution is -0.0372. The average Bonchev–Trinajstić information content (AvgIpc) is 2.84. The second-order valence-electron chi connectivity index (χ2n) is 5.44. The van der Waals surface area contributed by atoms with Crippen LogP contribution in [0.4, 0.5) is 5.69 Å². The molecule has 0 spiro atoms. The molecule has 1 fully saturated rings. The summed E-state index contributed by atoms with van der Waals surface area (Å²) in [6.07, 6.45) is 2.11. The molecule has 3 N–H and O–H groups in total. The van der Waals surface area contributed by atoms with Gasteiger partial charge < -0.3 is 15.5 Å². The number of para-hydroxylation sites is 1. The number of H-pyrrole nitrogens is 1. The summed E-state index contributed by atoms with van der Waals surface area (Å²) in [5, 5.41) is 1.27. The predicted molar refractivity (Wildman–Crippen MR) is 80.8 cm³/mol. The molecule has 100 valence electrons. The lowest BCUT2D eigenvalue weighted by Crippen LogP contribution is -2.47. The van der Waals surface area contributed by atoms with E-state index in [4.69, 9.17) is 10.5 Å². The molecule has 4 rings (SSSR count). The number of nitrogen functional groups attached to an aromatic ring is 1. The molecule has 0 bridgehead atoms. The van der Waals surface area contributed by atoms with Crippen LogP contribution in [0.2, 0.25) is 0 Å². The van der Waals surface area contributed by atoms with Gasteiger partial charge in [0.1, 0.15) is 0 Å².